The second-order valence-electron chi connectivity index (χ2n) is 4.80. The molecule has 0 unspecified atom stereocenters. The highest BCUT2D eigenvalue weighted by molar-refractivity contribution is 6.34. The van der Waals surface area contributed by atoms with Crippen LogP contribution in [0.1, 0.15) is 11.1 Å². The molecule has 0 radical (unpaired) electrons. The molecule has 116 valence electrons. The smallest absolute Gasteiger partial charge is 0.266 e. The lowest BCUT2D eigenvalue weighted by atomic mass is 10.1. The molecule has 0 aliphatic carbocycles. The zero-order valence-corrected chi connectivity index (χ0v) is 13.5. The molecule has 4 nitrogen and oxygen atoms in total. The Morgan fingerprint density at radius 2 is 2.00 bits per heavy atom. The number of ether oxygens (including phenoxy) is 1. The van der Waals surface area contributed by atoms with Crippen molar-refractivity contribution in [2.45, 2.75) is 6.92 Å². The largest absolute Gasteiger partial charge is 0.496 e. The van der Waals surface area contributed by atoms with Crippen LogP contribution in [0.5, 0.6) is 5.75 Å². The van der Waals surface area contributed by atoms with E-state index in [9.17, 15) is 10.1 Å². The Balaban J connectivity index is 2.33. The van der Waals surface area contributed by atoms with Gasteiger partial charge < -0.3 is 10.1 Å². The number of hydrogen-bond donors (Lipinski definition) is 1. The molecule has 0 fully saturated rings. The molecule has 2 aromatic rings. The molecule has 0 aromatic heterocycles. The molecule has 1 amide bonds. The highest BCUT2D eigenvalue weighted by Crippen LogP contribution is 2.26. The summed E-state index contributed by atoms with van der Waals surface area (Å²) in [4.78, 5) is 12.4. The van der Waals surface area contributed by atoms with Crippen LogP contribution in [0.4, 0.5) is 5.69 Å². The van der Waals surface area contributed by atoms with Gasteiger partial charge in [-0.3, -0.25) is 4.79 Å². The number of aryl methyl sites for hydroxylation is 1. The van der Waals surface area contributed by atoms with E-state index in [4.69, 9.17) is 16.3 Å². The van der Waals surface area contributed by atoms with Gasteiger partial charge in [0.05, 0.1) is 17.8 Å². The summed E-state index contributed by atoms with van der Waals surface area (Å²) in [5, 5.41) is 12.4. The van der Waals surface area contributed by atoms with Crippen LogP contribution in [-0.2, 0) is 4.79 Å². The molecule has 2 rings (SSSR count). The summed E-state index contributed by atoms with van der Waals surface area (Å²) in [6.45, 7) is 1.83. The molecule has 0 aliphatic heterocycles. The number of benzene rings is 2. The van der Waals surface area contributed by atoms with E-state index in [0.717, 1.165) is 5.56 Å². The Morgan fingerprint density at radius 1 is 1.26 bits per heavy atom. The maximum atomic E-state index is 12.4. The van der Waals surface area contributed by atoms with Crippen LogP contribution in [0.3, 0.4) is 0 Å². The topological polar surface area (TPSA) is 62.1 Å². The van der Waals surface area contributed by atoms with Gasteiger partial charge in [0.2, 0.25) is 0 Å². The first-order chi connectivity index (χ1) is 11.1. The van der Waals surface area contributed by atoms with Gasteiger partial charge in [0.15, 0.2) is 0 Å². The third-order valence-corrected chi connectivity index (χ3v) is 3.58. The molecule has 23 heavy (non-hydrogen) atoms. The number of anilines is 1. The van der Waals surface area contributed by atoms with Gasteiger partial charge in [0.1, 0.15) is 17.4 Å². The summed E-state index contributed by atoms with van der Waals surface area (Å²) in [6.07, 6.45) is 1.49. The number of nitrogens with one attached hydrogen (secondary N) is 1. The van der Waals surface area contributed by atoms with Crippen molar-refractivity contribution in [1.82, 2.24) is 0 Å². The molecule has 5 heteroatoms. The molecule has 2 aromatic carbocycles. The van der Waals surface area contributed by atoms with Crippen LogP contribution >= 0.6 is 11.6 Å². The average Bonchev–Trinajstić information content (AvgIpc) is 2.56. The number of amides is 1. The SMILES string of the molecule is COc1ccccc1/C=C(\C#N)C(=O)Nc1c(C)cccc1Cl. The number of methoxy groups -OCH3 is 1. The Bertz CT molecular complexity index is 787. The van der Waals surface area contributed by atoms with Gasteiger partial charge in [-0.05, 0) is 30.7 Å². The number of nitriles is 1. The van der Waals surface area contributed by atoms with E-state index in [1.807, 2.05) is 25.1 Å². The third-order valence-electron chi connectivity index (χ3n) is 3.26. The number of nitrogens with zero attached hydrogens (tertiary/aromatic N) is 1. The standard InChI is InChI=1S/C18H15ClN2O2/c1-12-6-5-8-15(19)17(12)21-18(22)14(11-20)10-13-7-3-4-9-16(13)23-2/h3-10H,1-2H3,(H,21,22)/b14-10+. The van der Waals surface area contributed by atoms with Gasteiger partial charge in [0, 0.05) is 5.56 Å². The highest BCUT2D eigenvalue weighted by atomic mass is 35.5. The van der Waals surface area contributed by atoms with Crippen LogP contribution < -0.4 is 10.1 Å². The van der Waals surface area contributed by atoms with E-state index >= 15 is 0 Å². The lowest BCUT2D eigenvalue weighted by Crippen LogP contribution is -2.14. The van der Waals surface area contributed by atoms with Crippen LogP contribution in [-0.4, -0.2) is 13.0 Å². The fourth-order valence-electron chi connectivity index (χ4n) is 2.06. The van der Waals surface area contributed by atoms with E-state index in [0.29, 0.717) is 22.0 Å². The fourth-order valence-corrected chi connectivity index (χ4v) is 2.33. The van der Waals surface area contributed by atoms with Crippen LogP contribution in [0.2, 0.25) is 5.02 Å². The number of carbonyl (C=O) groups is 1. The van der Waals surface area contributed by atoms with E-state index in [-0.39, 0.29) is 5.57 Å². The predicted molar refractivity (Wildman–Crippen MR) is 91.4 cm³/mol. The summed E-state index contributed by atoms with van der Waals surface area (Å²) >= 11 is 6.09. The van der Waals surface area contributed by atoms with E-state index in [2.05, 4.69) is 5.32 Å². The molecular formula is C18H15ClN2O2. The monoisotopic (exact) mass is 326 g/mol. The number of rotatable bonds is 4. The number of para-hydroxylation sites is 2. The Morgan fingerprint density at radius 3 is 2.65 bits per heavy atom. The normalized spacial score (nSPS) is 10.8. The zero-order valence-electron chi connectivity index (χ0n) is 12.8. The van der Waals surface area contributed by atoms with E-state index < -0.39 is 5.91 Å². The number of carbonyl (C=O) groups excluding carboxylic acids is 1. The second kappa shape index (κ2) is 7.48. The Hall–Kier alpha value is -2.77. The first kappa shape index (κ1) is 16.6. The van der Waals surface area contributed by atoms with Crippen molar-refractivity contribution in [3.8, 4) is 11.8 Å². The Labute approximate surface area is 140 Å². The molecule has 0 saturated carbocycles. The average molecular weight is 327 g/mol. The van der Waals surface area contributed by atoms with Gasteiger partial charge in [0.25, 0.3) is 5.91 Å². The van der Waals surface area contributed by atoms with Gasteiger partial charge in [-0.1, -0.05) is 41.9 Å². The summed E-state index contributed by atoms with van der Waals surface area (Å²) in [7, 11) is 1.53. The van der Waals surface area contributed by atoms with Crippen molar-refractivity contribution < 1.29 is 9.53 Å². The van der Waals surface area contributed by atoms with Gasteiger partial charge in [-0.2, -0.15) is 5.26 Å². The first-order valence-corrected chi connectivity index (χ1v) is 7.26. The summed E-state index contributed by atoms with van der Waals surface area (Å²) in [5.74, 6) is 0.0663. The molecule has 0 spiro atoms. The molecule has 0 aliphatic rings. The Kier molecular flexibility index (Phi) is 5.40. The van der Waals surface area contributed by atoms with Crippen molar-refractivity contribution in [3.05, 3.63) is 64.2 Å². The fraction of sp³-hybridized carbons (Fsp3) is 0.111. The maximum Gasteiger partial charge on any atom is 0.266 e. The number of halogens is 1. The minimum atomic E-state index is -0.519. The van der Waals surface area contributed by atoms with Crippen molar-refractivity contribution in [3.63, 3.8) is 0 Å². The summed E-state index contributed by atoms with van der Waals surface area (Å²) in [5.41, 5.74) is 1.94. The molecule has 0 bridgehead atoms. The van der Waals surface area contributed by atoms with Crippen molar-refractivity contribution in [2.75, 3.05) is 12.4 Å². The highest BCUT2D eigenvalue weighted by Gasteiger charge is 2.13. The van der Waals surface area contributed by atoms with Crippen LogP contribution in [0.15, 0.2) is 48.0 Å². The van der Waals surface area contributed by atoms with Crippen LogP contribution in [0.25, 0.3) is 6.08 Å². The third kappa shape index (κ3) is 3.91. The quantitative estimate of drug-likeness (QED) is 0.676. The van der Waals surface area contributed by atoms with Gasteiger partial charge in [-0.25, -0.2) is 0 Å². The van der Waals surface area contributed by atoms with Gasteiger partial charge in [-0.15, -0.1) is 0 Å². The number of hydrogen-bond acceptors (Lipinski definition) is 3. The molecule has 0 atom stereocenters. The van der Waals surface area contributed by atoms with E-state index in [1.54, 1.807) is 30.3 Å². The van der Waals surface area contributed by atoms with Crippen LogP contribution in [0, 0.1) is 18.3 Å². The molecular weight excluding hydrogens is 312 g/mol. The van der Waals surface area contributed by atoms with Crippen molar-refractivity contribution in [1.29, 1.82) is 5.26 Å². The van der Waals surface area contributed by atoms with E-state index in [1.165, 1.54) is 13.2 Å². The predicted octanol–water partition coefficient (Wildman–Crippen LogP) is 4.20. The first-order valence-electron chi connectivity index (χ1n) is 6.88. The molecule has 0 saturated heterocycles. The zero-order chi connectivity index (χ0) is 16.8. The second-order valence-corrected chi connectivity index (χ2v) is 5.20. The minimum absolute atomic E-state index is 0.0335. The summed E-state index contributed by atoms with van der Waals surface area (Å²) in [6, 6.07) is 14.4. The molecule has 1 N–H and O–H groups in total. The summed E-state index contributed by atoms with van der Waals surface area (Å²) < 4.78 is 5.22. The minimum Gasteiger partial charge on any atom is -0.496 e. The van der Waals surface area contributed by atoms with Crippen molar-refractivity contribution >= 4 is 29.3 Å². The van der Waals surface area contributed by atoms with Crippen molar-refractivity contribution in [2.24, 2.45) is 0 Å². The van der Waals surface area contributed by atoms with Gasteiger partial charge >= 0.3 is 0 Å². The lowest BCUT2D eigenvalue weighted by molar-refractivity contribution is -0.112. The lowest BCUT2D eigenvalue weighted by Gasteiger charge is -2.10. The maximum absolute atomic E-state index is 12.4. The molecule has 0 heterocycles.